The molecule has 0 fully saturated rings. The van der Waals surface area contributed by atoms with Crippen LogP contribution in [0.3, 0.4) is 0 Å². The Balaban J connectivity index is -0.000000125. The summed E-state index contributed by atoms with van der Waals surface area (Å²) < 4.78 is 0. The van der Waals surface area contributed by atoms with E-state index in [0.29, 0.717) is 0 Å². The molecule has 52 valence electrons. The fraction of sp³-hybridized carbons (Fsp3) is 1.00. The first-order valence-corrected chi connectivity index (χ1v) is 1.71. The van der Waals surface area contributed by atoms with Gasteiger partial charge in [-0.15, -0.1) is 0 Å². The molecule has 0 aliphatic carbocycles. The van der Waals surface area contributed by atoms with E-state index in [0.717, 1.165) is 0 Å². The van der Waals surface area contributed by atoms with Gasteiger partial charge in [-0.1, -0.05) is 0 Å². The van der Waals surface area contributed by atoms with Crippen LogP contribution < -0.4 is 0 Å². The zero-order valence-corrected chi connectivity index (χ0v) is 6.25. The Morgan fingerprint density at radius 1 is 1.12 bits per heavy atom. The summed E-state index contributed by atoms with van der Waals surface area (Å²) in [4.78, 5) is 0. The fourth-order valence-electron chi connectivity index (χ4n) is 0.0577. The molecule has 4 nitrogen and oxygen atoms in total. The number of aliphatic hydroxyl groups excluding tert-OH is 3. The summed E-state index contributed by atoms with van der Waals surface area (Å²) in [7, 11) is 0. The van der Waals surface area contributed by atoms with E-state index in [4.69, 9.17) is 15.3 Å². The smallest absolute Gasteiger partial charge is 0.100 e. The Hall–Kier alpha value is 0.528. The van der Waals surface area contributed by atoms with Gasteiger partial charge in [-0.25, -0.2) is 0 Å². The first kappa shape index (κ1) is 15.8. The second kappa shape index (κ2) is 10.5. The van der Waals surface area contributed by atoms with Gasteiger partial charge < -0.3 is 20.8 Å². The molecule has 0 heterocycles. The summed E-state index contributed by atoms with van der Waals surface area (Å²) >= 11 is 0. The standard InChI is InChI=1S/C3H8O3.Mo.H2O/c4-1-3(6)2-5;;/h3-6H,1-2H2;;1H2. The zero-order chi connectivity index (χ0) is 4.99. The van der Waals surface area contributed by atoms with Crippen LogP contribution in [0.5, 0.6) is 0 Å². The maximum absolute atomic E-state index is 8.17. The third-order valence-electron chi connectivity index (χ3n) is 0.421. The van der Waals surface area contributed by atoms with Crippen molar-refractivity contribution in [2.24, 2.45) is 0 Å². The van der Waals surface area contributed by atoms with E-state index in [9.17, 15) is 0 Å². The largest absolute Gasteiger partial charge is 0.412 e. The predicted octanol–water partition coefficient (Wildman–Crippen LogP) is -2.50. The maximum Gasteiger partial charge on any atom is 0.100 e. The van der Waals surface area contributed by atoms with E-state index >= 15 is 0 Å². The first-order chi connectivity index (χ1) is 2.81. The molecule has 0 bridgehead atoms. The predicted molar refractivity (Wildman–Crippen MR) is 23.8 cm³/mol. The first-order valence-electron chi connectivity index (χ1n) is 1.71. The second-order valence-corrected chi connectivity index (χ2v) is 1.02. The summed E-state index contributed by atoms with van der Waals surface area (Å²) in [6.07, 6.45) is -0.954. The van der Waals surface area contributed by atoms with E-state index in [1.54, 1.807) is 0 Å². The Labute approximate surface area is 61.7 Å². The summed E-state index contributed by atoms with van der Waals surface area (Å²) in [6, 6.07) is 0. The molecule has 0 aliphatic rings. The van der Waals surface area contributed by atoms with Gasteiger partial charge in [0.25, 0.3) is 0 Å². The van der Waals surface area contributed by atoms with Crippen LogP contribution in [0, 0.1) is 0 Å². The van der Waals surface area contributed by atoms with E-state index in [-0.39, 0.29) is 39.8 Å². The van der Waals surface area contributed by atoms with E-state index in [2.05, 4.69) is 0 Å². The SMILES string of the molecule is O.OCC(O)CO.[Mo]. The van der Waals surface area contributed by atoms with Gasteiger partial charge in [-0.3, -0.25) is 0 Å². The summed E-state index contributed by atoms with van der Waals surface area (Å²) in [6.45, 7) is -0.729. The van der Waals surface area contributed by atoms with Crippen LogP contribution in [0.25, 0.3) is 0 Å². The van der Waals surface area contributed by atoms with Gasteiger partial charge in [-0.05, 0) is 0 Å². The van der Waals surface area contributed by atoms with E-state index in [1.165, 1.54) is 0 Å². The van der Waals surface area contributed by atoms with Gasteiger partial charge >= 0.3 is 0 Å². The van der Waals surface area contributed by atoms with Crippen molar-refractivity contribution < 1.29 is 41.9 Å². The number of aliphatic hydroxyl groups is 3. The molecule has 5 N–H and O–H groups in total. The molecule has 0 aliphatic heterocycles. The Morgan fingerprint density at radius 3 is 1.38 bits per heavy atom. The zero-order valence-electron chi connectivity index (χ0n) is 4.24. The number of hydrogen-bond acceptors (Lipinski definition) is 3. The van der Waals surface area contributed by atoms with Gasteiger partial charge in [-0.2, -0.15) is 0 Å². The molecule has 0 amide bonds. The molecule has 0 saturated heterocycles. The molecule has 0 saturated carbocycles. The molecule has 0 rings (SSSR count). The average Bonchev–Trinajstić information content (AvgIpc) is 1.65. The van der Waals surface area contributed by atoms with Crippen LogP contribution in [-0.2, 0) is 21.1 Å². The molecular weight excluding hydrogens is 196 g/mol. The molecular formula is C3H10MoO4. The van der Waals surface area contributed by atoms with Gasteiger partial charge in [0.05, 0.1) is 13.2 Å². The van der Waals surface area contributed by atoms with Crippen molar-refractivity contribution in [1.29, 1.82) is 0 Å². The minimum absolute atomic E-state index is 0. The molecule has 8 heavy (non-hydrogen) atoms. The normalized spacial score (nSPS) is 7.50. The van der Waals surface area contributed by atoms with Crippen molar-refractivity contribution in [3.63, 3.8) is 0 Å². The van der Waals surface area contributed by atoms with Crippen molar-refractivity contribution in [3.05, 3.63) is 0 Å². The van der Waals surface area contributed by atoms with Crippen LogP contribution in [0.2, 0.25) is 0 Å². The quantitative estimate of drug-likeness (QED) is 0.436. The van der Waals surface area contributed by atoms with Crippen LogP contribution in [0.15, 0.2) is 0 Å². The topological polar surface area (TPSA) is 92.2 Å². The minimum Gasteiger partial charge on any atom is -0.412 e. The Bertz CT molecular complexity index is 30.5. The van der Waals surface area contributed by atoms with Gasteiger partial charge in [0.1, 0.15) is 6.10 Å². The third-order valence-corrected chi connectivity index (χ3v) is 0.421. The molecule has 0 aromatic heterocycles. The third kappa shape index (κ3) is 9.73. The fourth-order valence-corrected chi connectivity index (χ4v) is 0.0577. The van der Waals surface area contributed by atoms with Crippen LogP contribution in [0.4, 0.5) is 0 Å². The summed E-state index contributed by atoms with van der Waals surface area (Å²) in [5.41, 5.74) is 0. The molecule has 0 aromatic carbocycles. The van der Waals surface area contributed by atoms with Crippen molar-refractivity contribution in [2.45, 2.75) is 6.10 Å². The molecule has 0 atom stereocenters. The Morgan fingerprint density at radius 2 is 1.38 bits per heavy atom. The average molecular weight is 206 g/mol. The van der Waals surface area contributed by atoms with E-state index in [1.807, 2.05) is 0 Å². The maximum atomic E-state index is 8.17. The monoisotopic (exact) mass is 208 g/mol. The molecule has 5 heteroatoms. The molecule has 0 spiro atoms. The van der Waals surface area contributed by atoms with Gasteiger partial charge in [0.15, 0.2) is 0 Å². The van der Waals surface area contributed by atoms with Crippen molar-refractivity contribution >= 4 is 0 Å². The molecule has 0 radical (unpaired) electrons. The minimum atomic E-state index is -0.954. The summed E-state index contributed by atoms with van der Waals surface area (Å²) in [5, 5.41) is 24.0. The second-order valence-electron chi connectivity index (χ2n) is 1.02. The van der Waals surface area contributed by atoms with Crippen molar-refractivity contribution in [3.8, 4) is 0 Å². The Kier molecular flexibility index (Phi) is 20.8. The van der Waals surface area contributed by atoms with Gasteiger partial charge in [0.2, 0.25) is 0 Å². The van der Waals surface area contributed by atoms with Crippen molar-refractivity contribution in [1.82, 2.24) is 0 Å². The van der Waals surface area contributed by atoms with Crippen molar-refractivity contribution in [2.75, 3.05) is 13.2 Å². The van der Waals surface area contributed by atoms with Gasteiger partial charge in [0, 0.05) is 21.1 Å². The van der Waals surface area contributed by atoms with Crippen LogP contribution >= 0.6 is 0 Å². The van der Waals surface area contributed by atoms with Crippen LogP contribution in [-0.4, -0.2) is 40.1 Å². The molecule has 0 unspecified atom stereocenters. The summed E-state index contributed by atoms with van der Waals surface area (Å²) in [5.74, 6) is 0. The number of rotatable bonds is 2. The van der Waals surface area contributed by atoms with E-state index < -0.39 is 6.10 Å². The van der Waals surface area contributed by atoms with Crippen LogP contribution in [0.1, 0.15) is 0 Å². The molecule has 0 aromatic rings. The number of hydrogen-bond donors (Lipinski definition) is 3.